The predicted octanol–water partition coefficient (Wildman–Crippen LogP) is -2.21. The first-order valence-corrected chi connectivity index (χ1v) is 5.46. The van der Waals surface area contributed by atoms with Gasteiger partial charge < -0.3 is 4.90 Å². The van der Waals surface area contributed by atoms with Crippen LogP contribution in [0.1, 0.15) is 27.2 Å². The van der Waals surface area contributed by atoms with Crippen LogP contribution in [0.5, 0.6) is 0 Å². The molecule has 0 aromatic heterocycles. The van der Waals surface area contributed by atoms with E-state index in [2.05, 4.69) is 57.1 Å². The highest BCUT2D eigenvalue weighted by Crippen LogP contribution is 2.39. The van der Waals surface area contributed by atoms with Crippen molar-refractivity contribution in [2.45, 2.75) is 49.8 Å². The van der Waals surface area contributed by atoms with Crippen molar-refractivity contribution in [3.05, 3.63) is 0 Å². The van der Waals surface area contributed by atoms with Crippen molar-refractivity contribution in [2.24, 2.45) is 0 Å². The highest BCUT2D eigenvalue weighted by atomic mass is 15.3. The molecule has 1 aliphatic heterocycles. The van der Waals surface area contributed by atoms with Gasteiger partial charge in [0.25, 0.3) is 0 Å². The van der Waals surface area contributed by atoms with Crippen LogP contribution in [0.3, 0.4) is 0 Å². The standard InChI is InChI=1S/C8H21B4N/c1-7(2,3)13-6(10)5(9)4-8(13,11)12/h5-6H,4,9-12H2,1-3H3. The maximum atomic E-state index is 2.67. The summed E-state index contributed by atoms with van der Waals surface area (Å²) in [5.74, 6) is 1.55. The van der Waals surface area contributed by atoms with E-state index < -0.39 is 0 Å². The molecule has 0 bridgehead atoms. The Morgan fingerprint density at radius 2 is 1.69 bits per heavy atom. The summed E-state index contributed by atoms with van der Waals surface area (Å²) in [4.78, 5) is 2.67. The van der Waals surface area contributed by atoms with Gasteiger partial charge in [0.15, 0.2) is 0 Å². The second kappa shape index (κ2) is 3.12. The van der Waals surface area contributed by atoms with Gasteiger partial charge in [0.1, 0.15) is 31.4 Å². The Balaban J connectivity index is 2.94. The normalized spacial score (nSPS) is 35.0. The molecule has 1 aliphatic rings. The average Bonchev–Trinajstić information content (AvgIpc) is 1.99. The minimum atomic E-state index is 0.299. The van der Waals surface area contributed by atoms with E-state index in [0.717, 1.165) is 11.8 Å². The quantitative estimate of drug-likeness (QED) is 0.377. The van der Waals surface area contributed by atoms with Gasteiger partial charge in [0.05, 0.1) is 0 Å². The number of likely N-dealkylation sites (tertiary alicyclic amines) is 1. The largest absolute Gasteiger partial charge is 0.314 e. The van der Waals surface area contributed by atoms with Crippen molar-refractivity contribution >= 4 is 31.4 Å². The average molecular weight is 175 g/mol. The van der Waals surface area contributed by atoms with Crippen LogP contribution in [0.15, 0.2) is 0 Å². The molecule has 2 unspecified atom stereocenters. The minimum absolute atomic E-state index is 0.299. The molecule has 70 valence electrons. The third kappa shape index (κ3) is 2.01. The SMILES string of the molecule is BC1CC(B)(B)N(C(C)(C)C)C1B. The van der Waals surface area contributed by atoms with Gasteiger partial charge in [-0.2, -0.15) is 0 Å². The summed E-state index contributed by atoms with van der Waals surface area (Å²) in [6.45, 7) is 6.97. The molecule has 0 aromatic rings. The van der Waals surface area contributed by atoms with Crippen LogP contribution in [0.4, 0.5) is 0 Å². The molecule has 0 radical (unpaired) electrons. The second-order valence-electron chi connectivity index (χ2n) is 6.28. The van der Waals surface area contributed by atoms with Crippen LogP contribution in [-0.4, -0.2) is 53.1 Å². The molecule has 2 atom stereocenters. The lowest BCUT2D eigenvalue weighted by atomic mass is 9.57. The van der Waals surface area contributed by atoms with E-state index in [9.17, 15) is 0 Å². The summed E-state index contributed by atoms with van der Waals surface area (Å²) in [7, 11) is 9.49. The Hall–Kier alpha value is 0.220. The molecule has 1 fully saturated rings. The highest BCUT2D eigenvalue weighted by Gasteiger charge is 2.45. The maximum absolute atomic E-state index is 2.67. The fraction of sp³-hybridized carbons (Fsp3) is 1.00. The first kappa shape index (κ1) is 11.3. The summed E-state index contributed by atoms with van der Waals surface area (Å²) in [5, 5.41) is 0.372. The molecule has 0 N–H and O–H groups in total. The summed E-state index contributed by atoms with van der Waals surface area (Å²) >= 11 is 0. The third-order valence-electron chi connectivity index (χ3n) is 3.43. The molecule has 0 aromatic carbocycles. The van der Waals surface area contributed by atoms with Gasteiger partial charge in [-0.15, -0.1) is 0 Å². The lowest BCUT2D eigenvalue weighted by Crippen LogP contribution is -2.57. The van der Waals surface area contributed by atoms with Crippen LogP contribution >= 0.6 is 0 Å². The summed E-state index contributed by atoms with van der Waals surface area (Å²) in [6.07, 6.45) is 1.32. The molecule has 1 rings (SSSR count). The van der Waals surface area contributed by atoms with E-state index in [4.69, 9.17) is 0 Å². The number of hydrogen-bond acceptors (Lipinski definition) is 1. The van der Waals surface area contributed by atoms with Crippen molar-refractivity contribution < 1.29 is 0 Å². The van der Waals surface area contributed by atoms with E-state index in [1.165, 1.54) is 6.42 Å². The van der Waals surface area contributed by atoms with E-state index in [1.54, 1.807) is 0 Å². The first-order chi connectivity index (χ1) is 5.66. The Labute approximate surface area is 86.7 Å². The first-order valence-electron chi connectivity index (χ1n) is 5.46. The third-order valence-corrected chi connectivity index (χ3v) is 3.43. The molecule has 0 amide bonds. The van der Waals surface area contributed by atoms with Gasteiger partial charge in [0, 0.05) is 5.54 Å². The van der Waals surface area contributed by atoms with Crippen LogP contribution in [0.2, 0.25) is 5.82 Å². The summed E-state index contributed by atoms with van der Waals surface area (Å²) in [5.41, 5.74) is 0.299. The highest BCUT2D eigenvalue weighted by molar-refractivity contribution is 6.41. The van der Waals surface area contributed by atoms with Gasteiger partial charge in [-0.1, -0.05) is 12.2 Å². The predicted molar refractivity (Wildman–Crippen MR) is 70.7 cm³/mol. The van der Waals surface area contributed by atoms with E-state index in [1.807, 2.05) is 0 Å². The fourth-order valence-electron chi connectivity index (χ4n) is 3.38. The lowest BCUT2D eigenvalue weighted by molar-refractivity contribution is 0.122. The maximum Gasteiger partial charge on any atom is 0.123 e. The van der Waals surface area contributed by atoms with E-state index >= 15 is 0 Å². The zero-order chi connectivity index (χ0) is 10.4. The van der Waals surface area contributed by atoms with Gasteiger partial charge >= 0.3 is 0 Å². The molecule has 0 aliphatic carbocycles. The van der Waals surface area contributed by atoms with Crippen molar-refractivity contribution in [2.75, 3.05) is 0 Å². The molecular weight excluding hydrogens is 153 g/mol. The van der Waals surface area contributed by atoms with Crippen LogP contribution in [0.25, 0.3) is 0 Å². The molecule has 1 heterocycles. The smallest absolute Gasteiger partial charge is 0.123 e. The topological polar surface area (TPSA) is 3.24 Å². The summed E-state index contributed by atoms with van der Waals surface area (Å²) < 4.78 is 0. The Bertz CT molecular complexity index is 199. The molecule has 1 nitrogen and oxygen atoms in total. The van der Waals surface area contributed by atoms with Crippen molar-refractivity contribution in [3.8, 4) is 0 Å². The minimum Gasteiger partial charge on any atom is -0.314 e. The Morgan fingerprint density at radius 1 is 1.23 bits per heavy atom. The van der Waals surface area contributed by atoms with Crippen molar-refractivity contribution in [3.63, 3.8) is 0 Å². The monoisotopic (exact) mass is 175 g/mol. The van der Waals surface area contributed by atoms with E-state index in [0.29, 0.717) is 10.9 Å². The molecule has 1 saturated heterocycles. The molecular formula is C8H21B4N. The second-order valence-corrected chi connectivity index (χ2v) is 6.28. The Morgan fingerprint density at radius 3 is 1.85 bits per heavy atom. The van der Waals surface area contributed by atoms with Crippen LogP contribution in [-0.2, 0) is 0 Å². The van der Waals surface area contributed by atoms with Gasteiger partial charge in [-0.3, -0.25) is 0 Å². The zero-order valence-electron chi connectivity index (χ0n) is 10.3. The van der Waals surface area contributed by atoms with Gasteiger partial charge in [-0.25, -0.2) is 0 Å². The zero-order valence-corrected chi connectivity index (χ0v) is 10.3. The van der Waals surface area contributed by atoms with Gasteiger partial charge in [0.2, 0.25) is 0 Å². The fourth-order valence-corrected chi connectivity index (χ4v) is 3.38. The van der Waals surface area contributed by atoms with Crippen molar-refractivity contribution in [1.29, 1.82) is 0 Å². The molecule has 0 saturated carbocycles. The molecule has 5 heteroatoms. The number of hydrogen-bond donors (Lipinski definition) is 0. The van der Waals surface area contributed by atoms with Crippen LogP contribution in [0, 0.1) is 0 Å². The van der Waals surface area contributed by atoms with E-state index in [-0.39, 0.29) is 0 Å². The summed E-state index contributed by atoms with van der Waals surface area (Å²) in [6, 6.07) is 0. The van der Waals surface area contributed by atoms with Gasteiger partial charge in [-0.05, 0) is 32.1 Å². The Kier molecular flexibility index (Phi) is 2.71. The van der Waals surface area contributed by atoms with Crippen LogP contribution < -0.4 is 0 Å². The number of rotatable bonds is 0. The molecule has 13 heavy (non-hydrogen) atoms. The van der Waals surface area contributed by atoms with Crippen molar-refractivity contribution in [1.82, 2.24) is 4.90 Å². The molecule has 0 spiro atoms. The lowest BCUT2D eigenvalue weighted by Gasteiger charge is -2.46. The number of nitrogens with zero attached hydrogens (tertiary/aromatic N) is 1.